The van der Waals surface area contributed by atoms with Gasteiger partial charge < -0.3 is 10.6 Å². The number of benzene rings is 1. The zero-order valence-corrected chi connectivity index (χ0v) is 15.8. The van der Waals surface area contributed by atoms with Crippen LogP contribution in [0.3, 0.4) is 0 Å². The van der Waals surface area contributed by atoms with Crippen molar-refractivity contribution in [2.24, 2.45) is 0 Å². The predicted octanol–water partition coefficient (Wildman–Crippen LogP) is 1.01. The number of sulfone groups is 1. The van der Waals surface area contributed by atoms with Gasteiger partial charge in [0.2, 0.25) is 0 Å². The summed E-state index contributed by atoms with van der Waals surface area (Å²) in [6.45, 7) is 2.32. The summed E-state index contributed by atoms with van der Waals surface area (Å²) >= 11 is 1.67. The number of hydrogen-bond acceptors (Lipinski definition) is 4. The molecule has 1 aromatic heterocycles. The molecule has 0 aliphatic carbocycles. The highest BCUT2D eigenvalue weighted by Crippen LogP contribution is 2.23. The third kappa shape index (κ3) is 4.90. The van der Waals surface area contributed by atoms with Crippen LogP contribution >= 0.6 is 11.3 Å². The molecule has 0 saturated carbocycles. The van der Waals surface area contributed by atoms with Gasteiger partial charge in [0.1, 0.15) is 6.04 Å². The summed E-state index contributed by atoms with van der Waals surface area (Å²) in [6.07, 6.45) is 0.514. The number of nitrogens with two attached hydrogens (primary N) is 1. The van der Waals surface area contributed by atoms with Crippen molar-refractivity contribution in [1.82, 2.24) is 5.32 Å². The third-order valence-electron chi connectivity index (χ3n) is 4.42. The van der Waals surface area contributed by atoms with Gasteiger partial charge in [-0.1, -0.05) is 35.9 Å². The van der Waals surface area contributed by atoms with Gasteiger partial charge in [-0.25, -0.2) is 8.42 Å². The lowest BCUT2D eigenvalue weighted by Crippen LogP contribution is -2.87. The maximum atomic E-state index is 12.2. The van der Waals surface area contributed by atoms with Crippen molar-refractivity contribution in [3.63, 3.8) is 0 Å². The first-order valence-corrected chi connectivity index (χ1v) is 11.1. The van der Waals surface area contributed by atoms with Gasteiger partial charge in [-0.2, -0.15) is 0 Å². The van der Waals surface area contributed by atoms with Crippen LogP contribution in [-0.4, -0.2) is 38.4 Å². The number of carbonyl (C=O) groups is 1. The van der Waals surface area contributed by atoms with Crippen LogP contribution in [0.25, 0.3) is 0 Å². The molecule has 3 rings (SSSR count). The number of thiophene rings is 1. The standard InChI is InChI=1S/C18H22N2O3S2/c1-13-4-6-14(7-5-13)18(16-3-2-9-24-16)19-11-17(21)20-15-8-10-25(22,23)12-15/h2-7,9,15,18-19H,8,10-12H2,1H3,(H,20,21)/p+1/t15-,18+/m0/s1. The van der Waals surface area contributed by atoms with E-state index in [9.17, 15) is 13.2 Å². The maximum absolute atomic E-state index is 12.2. The quantitative estimate of drug-likeness (QED) is 0.786. The Morgan fingerprint density at radius 2 is 2.08 bits per heavy atom. The first-order valence-electron chi connectivity index (χ1n) is 8.36. The Labute approximate surface area is 152 Å². The number of quaternary nitrogens is 1. The molecule has 134 valence electrons. The van der Waals surface area contributed by atoms with Crippen LogP contribution in [0.5, 0.6) is 0 Å². The smallest absolute Gasteiger partial charge is 0.275 e. The topological polar surface area (TPSA) is 79.8 Å². The fourth-order valence-electron chi connectivity index (χ4n) is 3.08. The van der Waals surface area contributed by atoms with Crippen LogP contribution in [0, 0.1) is 6.92 Å². The summed E-state index contributed by atoms with van der Waals surface area (Å²) in [6, 6.07) is 12.3. The molecule has 0 bridgehead atoms. The van der Waals surface area contributed by atoms with Gasteiger partial charge in [-0.15, -0.1) is 11.3 Å². The third-order valence-corrected chi connectivity index (χ3v) is 7.15. The lowest BCUT2D eigenvalue weighted by atomic mass is 10.0. The van der Waals surface area contributed by atoms with Crippen LogP contribution in [-0.2, 0) is 14.6 Å². The highest BCUT2D eigenvalue weighted by Gasteiger charge is 2.29. The molecule has 1 saturated heterocycles. The molecule has 2 aromatic rings. The number of nitrogens with one attached hydrogen (secondary N) is 1. The highest BCUT2D eigenvalue weighted by molar-refractivity contribution is 7.91. The second kappa shape index (κ2) is 7.68. The molecular formula is C18H23N2O3S2+. The van der Waals surface area contributed by atoms with E-state index in [0.29, 0.717) is 6.42 Å². The van der Waals surface area contributed by atoms with Gasteiger partial charge in [0.25, 0.3) is 5.91 Å². The molecule has 1 aromatic carbocycles. The van der Waals surface area contributed by atoms with Crippen LogP contribution in [0.15, 0.2) is 41.8 Å². The molecule has 7 heteroatoms. The number of carbonyl (C=O) groups excluding carboxylic acids is 1. The SMILES string of the molecule is Cc1ccc([C@@H]([NH2+]CC(=O)N[C@H]2CCS(=O)(=O)C2)c2cccs2)cc1. The predicted molar refractivity (Wildman–Crippen MR) is 99.3 cm³/mol. The van der Waals surface area contributed by atoms with Gasteiger partial charge >= 0.3 is 0 Å². The number of aryl methyl sites for hydroxylation is 1. The minimum Gasteiger partial charge on any atom is -0.347 e. The molecular weight excluding hydrogens is 356 g/mol. The van der Waals surface area contributed by atoms with Crippen molar-refractivity contribution in [1.29, 1.82) is 0 Å². The molecule has 2 atom stereocenters. The Balaban J connectivity index is 1.63. The van der Waals surface area contributed by atoms with Crippen molar-refractivity contribution in [3.05, 3.63) is 57.8 Å². The molecule has 0 unspecified atom stereocenters. The number of amides is 1. The van der Waals surface area contributed by atoms with Crippen molar-refractivity contribution in [2.45, 2.75) is 25.4 Å². The Hall–Kier alpha value is -1.70. The highest BCUT2D eigenvalue weighted by atomic mass is 32.2. The van der Waals surface area contributed by atoms with E-state index in [0.717, 1.165) is 5.56 Å². The molecule has 1 aliphatic heterocycles. The fraction of sp³-hybridized carbons (Fsp3) is 0.389. The van der Waals surface area contributed by atoms with Gasteiger partial charge in [0.05, 0.1) is 16.4 Å². The van der Waals surface area contributed by atoms with E-state index >= 15 is 0 Å². The second-order valence-corrected chi connectivity index (χ2v) is 9.72. The molecule has 1 amide bonds. The molecule has 0 radical (unpaired) electrons. The molecule has 1 fully saturated rings. The normalized spacial score (nSPS) is 20.3. The van der Waals surface area contributed by atoms with Gasteiger partial charge in [0.15, 0.2) is 16.4 Å². The van der Waals surface area contributed by atoms with Crippen molar-refractivity contribution in [3.8, 4) is 0 Å². The molecule has 0 spiro atoms. The van der Waals surface area contributed by atoms with E-state index in [2.05, 4.69) is 42.6 Å². The Morgan fingerprint density at radius 3 is 2.68 bits per heavy atom. The zero-order chi connectivity index (χ0) is 17.9. The summed E-state index contributed by atoms with van der Waals surface area (Å²) in [5, 5.41) is 6.89. The summed E-state index contributed by atoms with van der Waals surface area (Å²) < 4.78 is 23.0. The first kappa shape index (κ1) is 18.1. The van der Waals surface area contributed by atoms with E-state index in [1.54, 1.807) is 11.3 Å². The van der Waals surface area contributed by atoms with E-state index < -0.39 is 9.84 Å². The molecule has 5 nitrogen and oxygen atoms in total. The Bertz CT molecular complexity index is 815. The van der Waals surface area contributed by atoms with Gasteiger partial charge in [-0.3, -0.25) is 4.79 Å². The van der Waals surface area contributed by atoms with E-state index in [4.69, 9.17) is 0 Å². The van der Waals surface area contributed by atoms with Gasteiger partial charge in [-0.05, 0) is 24.8 Å². The monoisotopic (exact) mass is 379 g/mol. The average Bonchev–Trinajstić information content (AvgIpc) is 3.19. The number of hydrogen-bond donors (Lipinski definition) is 2. The van der Waals surface area contributed by atoms with Crippen LogP contribution in [0.2, 0.25) is 0 Å². The van der Waals surface area contributed by atoms with Gasteiger partial charge in [0, 0.05) is 11.6 Å². The minimum atomic E-state index is -2.98. The molecule has 1 aliphatic rings. The van der Waals surface area contributed by atoms with Crippen LogP contribution < -0.4 is 10.6 Å². The lowest BCUT2D eigenvalue weighted by Gasteiger charge is -2.16. The molecule has 3 N–H and O–H groups in total. The largest absolute Gasteiger partial charge is 0.347 e. The Kier molecular flexibility index (Phi) is 5.56. The lowest BCUT2D eigenvalue weighted by molar-refractivity contribution is -0.676. The minimum absolute atomic E-state index is 0.0606. The summed E-state index contributed by atoms with van der Waals surface area (Å²) in [5.41, 5.74) is 2.36. The Morgan fingerprint density at radius 1 is 1.32 bits per heavy atom. The average molecular weight is 380 g/mol. The molecule has 2 heterocycles. The second-order valence-electron chi connectivity index (χ2n) is 6.51. The fourth-order valence-corrected chi connectivity index (χ4v) is 5.60. The van der Waals surface area contributed by atoms with Crippen molar-refractivity contribution >= 4 is 27.1 Å². The number of rotatable bonds is 6. The molecule has 25 heavy (non-hydrogen) atoms. The maximum Gasteiger partial charge on any atom is 0.275 e. The van der Waals surface area contributed by atoms with Crippen LogP contribution in [0.1, 0.15) is 28.5 Å². The van der Waals surface area contributed by atoms with Crippen molar-refractivity contribution in [2.75, 3.05) is 18.1 Å². The van der Waals surface area contributed by atoms with E-state index in [1.807, 2.05) is 16.8 Å². The summed E-state index contributed by atoms with van der Waals surface area (Å²) in [7, 11) is -2.98. The first-order chi connectivity index (χ1) is 11.9. The van der Waals surface area contributed by atoms with E-state index in [1.165, 1.54) is 10.4 Å². The zero-order valence-electron chi connectivity index (χ0n) is 14.1. The van der Waals surface area contributed by atoms with Crippen LogP contribution in [0.4, 0.5) is 0 Å². The van der Waals surface area contributed by atoms with E-state index in [-0.39, 0.29) is 36.0 Å². The van der Waals surface area contributed by atoms with Crippen molar-refractivity contribution < 1.29 is 18.5 Å². The summed E-state index contributed by atoms with van der Waals surface area (Å²) in [4.78, 5) is 13.4. The summed E-state index contributed by atoms with van der Waals surface area (Å²) in [5.74, 6) is 0.115.